The molecule has 0 unspecified atom stereocenters. The average molecular weight is 401 g/mol. The quantitative estimate of drug-likeness (QED) is 0.528. The van der Waals surface area contributed by atoms with Crippen LogP contribution in [-0.4, -0.2) is 22.4 Å². The normalized spacial score (nSPS) is 39.3. The van der Waals surface area contributed by atoms with Gasteiger partial charge in [-0.1, -0.05) is 71.3 Å². The molecule has 0 amide bonds. The monoisotopic (exact) mass is 400 g/mol. The highest BCUT2D eigenvalue weighted by atomic mass is 16.3. The maximum Gasteiger partial charge on any atom is 0.0811 e. The standard InChI is InChI=1S/C27H44O2/c1-18(2)8-6-9-19(3)24-13-14-25-21(10-7-15-27(24,25)5)11-12-22-16-23(28)17-26(29)20(22)4/h11-12,18-19,23-26,28-29H,4,6-10,13-17H2,1-3,5H3/t19-,23-,24+,25-,26+,27-/m1/s1. The summed E-state index contributed by atoms with van der Waals surface area (Å²) in [6, 6.07) is 0. The third-order valence-corrected chi connectivity index (χ3v) is 8.43. The fourth-order valence-corrected chi connectivity index (χ4v) is 6.73. The minimum atomic E-state index is -0.595. The molecule has 0 aliphatic heterocycles. The number of allylic oxidation sites excluding steroid dienone is 3. The van der Waals surface area contributed by atoms with E-state index in [1.165, 1.54) is 51.4 Å². The molecule has 6 atom stereocenters. The van der Waals surface area contributed by atoms with Gasteiger partial charge in [0.15, 0.2) is 0 Å². The van der Waals surface area contributed by atoms with Gasteiger partial charge < -0.3 is 10.2 Å². The van der Waals surface area contributed by atoms with E-state index in [-0.39, 0.29) is 0 Å². The van der Waals surface area contributed by atoms with Crippen molar-refractivity contribution in [1.29, 1.82) is 0 Å². The van der Waals surface area contributed by atoms with Gasteiger partial charge in [0, 0.05) is 6.42 Å². The third kappa shape index (κ3) is 5.07. The van der Waals surface area contributed by atoms with Gasteiger partial charge in [0.25, 0.3) is 0 Å². The second-order valence-corrected chi connectivity index (χ2v) is 11.0. The van der Waals surface area contributed by atoms with Gasteiger partial charge in [-0.25, -0.2) is 0 Å². The molecule has 3 aliphatic carbocycles. The Morgan fingerprint density at radius 2 is 1.90 bits per heavy atom. The van der Waals surface area contributed by atoms with E-state index in [0.29, 0.717) is 24.2 Å². The summed E-state index contributed by atoms with van der Waals surface area (Å²) < 4.78 is 0. The number of aliphatic hydroxyl groups excluding tert-OH is 2. The molecule has 0 aromatic heterocycles. The highest BCUT2D eigenvalue weighted by Gasteiger charge is 2.50. The molecule has 2 heteroatoms. The highest BCUT2D eigenvalue weighted by Crippen LogP contribution is 2.59. The molecule has 0 heterocycles. The molecule has 0 aromatic carbocycles. The molecule has 0 radical (unpaired) electrons. The smallest absolute Gasteiger partial charge is 0.0811 e. The van der Waals surface area contributed by atoms with Crippen LogP contribution in [0.25, 0.3) is 0 Å². The van der Waals surface area contributed by atoms with Crippen molar-refractivity contribution in [1.82, 2.24) is 0 Å². The Labute approximate surface area is 179 Å². The van der Waals surface area contributed by atoms with Crippen LogP contribution in [-0.2, 0) is 0 Å². The molecule has 29 heavy (non-hydrogen) atoms. The lowest BCUT2D eigenvalue weighted by molar-refractivity contribution is 0.0861. The van der Waals surface area contributed by atoms with Crippen molar-refractivity contribution in [2.75, 3.05) is 0 Å². The molecule has 0 spiro atoms. The van der Waals surface area contributed by atoms with Crippen LogP contribution in [0.15, 0.2) is 35.5 Å². The van der Waals surface area contributed by atoms with Gasteiger partial charge in [0.1, 0.15) is 0 Å². The average Bonchev–Trinajstić information content (AvgIpc) is 3.00. The molecule has 164 valence electrons. The molecule has 2 nitrogen and oxygen atoms in total. The predicted molar refractivity (Wildman–Crippen MR) is 123 cm³/mol. The fourth-order valence-electron chi connectivity index (χ4n) is 6.73. The van der Waals surface area contributed by atoms with E-state index in [9.17, 15) is 10.2 Å². The van der Waals surface area contributed by atoms with Crippen molar-refractivity contribution in [2.45, 2.75) is 104 Å². The summed E-state index contributed by atoms with van der Waals surface area (Å²) in [5.74, 6) is 3.20. The largest absolute Gasteiger partial charge is 0.393 e. The van der Waals surface area contributed by atoms with Crippen LogP contribution < -0.4 is 0 Å². The molecule has 0 saturated heterocycles. The van der Waals surface area contributed by atoms with Crippen LogP contribution in [0.3, 0.4) is 0 Å². The van der Waals surface area contributed by atoms with Gasteiger partial charge in [-0.2, -0.15) is 0 Å². The summed E-state index contributed by atoms with van der Waals surface area (Å²) in [5, 5.41) is 20.2. The van der Waals surface area contributed by atoms with E-state index in [0.717, 1.165) is 28.9 Å². The minimum absolute atomic E-state index is 0.420. The van der Waals surface area contributed by atoms with Crippen LogP contribution in [0.1, 0.15) is 91.9 Å². The molecule has 3 aliphatic rings. The van der Waals surface area contributed by atoms with Crippen LogP contribution >= 0.6 is 0 Å². The summed E-state index contributed by atoms with van der Waals surface area (Å²) in [5.41, 5.74) is 3.88. The van der Waals surface area contributed by atoms with Gasteiger partial charge in [0.2, 0.25) is 0 Å². The zero-order chi connectivity index (χ0) is 21.2. The molecule has 0 aromatic rings. The minimum Gasteiger partial charge on any atom is -0.393 e. The Bertz CT molecular complexity index is 643. The Balaban J connectivity index is 1.71. The van der Waals surface area contributed by atoms with E-state index in [1.54, 1.807) is 5.57 Å². The molecule has 3 saturated carbocycles. The van der Waals surface area contributed by atoms with Crippen molar-refractivity contribution >= 4 is 0 Å². The first-order chi connectivity index (χ1) is 13.7. The first-order valence-corrected chi connectivity index (χ1v) is 12.2. The van der Waals surface area contributed by atoms with E-state index in [2.05, 4.69) is 46.4 Å². The molecule has 3 rings (SSSR count). The van der Waals surface area contributed by atoms with Gasteiger partial charge in [-0.05, 0) is 78.8 Å². The maximum absolute atomic E-state index is 10.1. The van der Waals surface area contributed by atoms with Crippen LogP contribution in [0.5, 0.6) is 0 Å². The predicted octanol–water partition coefficient (Wildman–Crippen LogP) is 6.59. The molecular weight excluding hydrogens is 356 g/mol. The topological polar surface area (TPSA) is 40.5 Å². The molecular formula is C27H44O2. The number of hydrogen-bond donors (Lipinski definition) is 2. The zero-order valence-corrected chi connectivity index (χ0v) is 19.3. The first-order valence-electron chi connectivity index (χ1n) is 12.2. The number of aliphatic hydroxyl groups is 2. The maximum atomic E-state index is 10.1. The lowest BCUT2D eigenvalue weighted by Crippen LogP contribution is -2.36. The molecule has 0 bridgehead atoms. The summed E-state index contributed by atoms with van der Waals surface area (Å²) in [7, 11) is 0. The van der Waals surface area contributed by atoms with Crippen molar-refractivity contribution < 1.29 is 10.2 Å². The van der Waals surface area contributed by atoms with Gasteiger partial charge >= 0.3 is 0 Å². The highest BCUT2D eigenvalue weighted by molar-refractivity contribution is 5.38. The second kappa shape index (κ2) is 9.52. The first kappa shape index (κ1) is 22.8. The van der Waals surface area contributed by atoms with Gasteiger partial charge in [-0.3, -0.25) is 0 Å². The molecule has 2 N–H and O–H groups in total. The van der Waals surface area contributed by atoms with E-state index < -0.39 is 12.2 Å². The number of rotatable bonds is 6. The number of hydrogen-bond acceptors (Lipinski definition) is 2. The number of fused-ring (bicyclic) bond motifs is 1. The van der Waals surface area contributed by atoms with Crippen LogP contribution in [0.2, 0.25) is 0 Å². The Kier molecular flexibility index (Phi) is 7.49. The van der Waals surface area contributed by atoms with Gasteiger partial charge in [-0.15, -0.1) is 0 Å². The second-order valence-electron chi connectivity index (χ2n) is 11.0. The third-order valence-electron chi connectivity index (χ3n) is 8.43. The lowest BCUT2D eigenvalue weighted by atomic mass is 9.60. The summed E-state index contributed by atoms with van der Waals surface area (Å²) in [6.45, 7) is 13.8. The molecule has 3 fully saturated rings. The van der Waals surface area contributed by atoms with Crippen LogP contribution in [0.4, 0.5) is 0 Å². The van der Waals surface area contributed by atoms with Gasteiger partial charge in [0.05, 0.1) is 12.2 Å². The van der Waals surface area contributed by atoms with Crippen molar-refractivity contribution in [2.24, 2.45) is 29.1 Å². The SMILES string of the molecule is C=C1C(=CC=C2CCC[C@@]3(C)[C@@H]2CC[C@H]3[C@H](C)CCCC(C)C)C[C@@H](O)C[C@@H]1O. The van der Waals surface area contributed by atoms with Crippen molar-refractivity contribution in [3.05, 3.63) is 35.5 Å². The van der Waals surface area contributed by atoms with Crippen molar-refractivity contribution in [3.63, 3.8) is 0 Å². The zero-order valence-electron chi connectivity index (χ0n) is 19.3. The van der Waals surface area contributed by atoms with E-state index in [4.69, 9.17) is 0 Å². The van der Waals surface area contributed by atoms with E-state index >= 15 is 0 Å². The van der Waals surface area contributed by atoms with Crippen molar-refractivity contribution in [3.8, 4) is 0 Å². The lowest BCUT2D eigenvalue weighted by Gasteiger charge is -2.44. The van der Waals surface area contributed by atoms with E-state index in [1.807, 2.05) is 0 Å². The Morgan fingerprint density at radius 3 is 2.62 bits per heavy atom. The summed E-state index contributed by atoms with van der Waals surface area (Å²) in [6.07, 6.45) is 15.2. The fraction of sp³-hybridized carbons (Fsp3) is 0.778. The summed E-state index contributed by atoms with van der Waals surface area (Å²) in [4.78, 5) is 0. The Hall–Kier alpha value is -0.860. The summed E-state index contributed by atoms with van der Waals surface area (Å²) >= 11 is 0. The Morgan fingerprint density at radius 1 is 1.14 bits per heavy atom. The van der Waals surface area contributed by atoms with Crippen LogP contribution in [0, 0.1) is 29.1 Å².